The number of aromatic nitrogens is 3. The van der Waals surface area contributed by atoms with Gasteiger partial charge in [-0.15, -0.1) is 10.2 Å². The molecule has 0 saturated carbocycles. The van der Waals surface area contributed by atoms with Crippen LogP contribution in [0.15, 0.2) is 52.2 Å². The fourth-order valence-electron chi connectivity index (χ4n) is 3.17. The van der Waals surface area contributed by atoms with E-state index in [1.165, 1.54) is 17.3 Å². The van der Waals surface area contributed by atoms with Gasteiger partial charge in [0.2, 0.25) is 11.7 Å². The van der Waals surface area contributed by atoms with Gasteiger partial charge in [0.1, 0.15) is 0 Å². The van der Waals surface area contributed by atoms with Crippen molar-refractivity contribution in [2.45, 2.75) is 18.1 Å². The Morgan fingerprint density at radius 2 is 2.15 bits per heavy atom. The maximum absolute atomic E-state index is 12.7. The number of thioether (sulfide) groups is 1. The van der Waals surface area contributed by atoms with E-state index < -0.39 is 0 Å². The first-order chi connectivity index (χ1) is 13.3. The monoisotopic (exact) mass is 384 g/mol. The second-order valence-corrected chi connectivity index (χ2v) is 7.08. The minimum Gasteiger partial charge on any atom is -0.461 e. The molecule has 0 saturated heterocycles. The molecule has 27 heavy (non-hydrogen) atoms. The molecule has 1 amide bonds. The Kier molecular flexibility index (Phi) is 5.26. The van der Waals surface area contributed by atoms with Crippen LogP contribution in [0.3, 0.4) is 0 Å². The molecule has 0 unspecified atom stereocenters. The van der Waals surface area contributed by atoms with E-state index in [0.29, 0.717) is 35.6 Å². The minimum atomic E-state index is 0.0748. The molecule has 4 rings (SSSR count). The quantitative estimate of drug-likeness (QED) is 0.583. The van der Waals surface area contributed by atoms with E-state index in [4.69, 9.17) is 9.15 Å². The predicted molar refractivity (Wildman–Crippen MR) is 103 cm³/mol. The normalized spacial score (nSPS) is 13.1. The van der Waals surface area contributed by atoms with Crippen LogP contribution < -0.4 is 4.90 Å². The van der Waals surface area contributed by atoms with Gasteiger partial charge in [-0.1, -0.05) is 30.0 Å². The second kappa shape index (κ2) is 7.98. The lowest BCUT2D eigenvalue weighted by molar-refractivity contribution is -0.116. The number of hydrogen-bond donors (Lipinski definition) is 0. The highest BCUT2D eigenvalue weighted by Gasteiger charge is 2.25. The number of carbonyl (C=O) groups excluding carboxylic acids is 1. The lowest BCUT2D eigenvalue weighted by atomic mass is 10.2. The van der Waals surface area contributed by atoms with E-state index in [1.807, 2.05) is 39.8 Å². The van der Waals surface area contributed by atoms with Crippen LogP contribution in [-0.4, -0.2) is 46.7 Å². The highest BCUT2D eigenvalue weighted by atomic mass is 32.2. The number of benzene rings is 1. The number of furan rings is 1. The summed E-state index contributed by atoms with van der Waals surface area (Å²) < 4.78 is 12.6. The van der Waals surface area contributed by atoms with E-state index >= 15 is 0 Å². The molecule has 1 aliphatic heterocycles. The lowest BCUT2D eigenvalue weighted by Gasteiger charge is -2.17. The third kappa shape index (κ3) is 3.63. The van der Waals surface area contributed by atoms with Crippen LogP contribution in [0.5, 0.6) is 0 Å². The van der Waals surface area contributed by atoms with Crippen LogP contribution in [0.2, 0.25) is 0 Å². The van der Waals surface area contributed by atoms with E-state index in [-0.39, 0.29) is 5.91 Å². The highest BCUT2D eigenvalue weighted by Crippen LogP contribution is 2.29. The van der Waals surface area contributed by atoms with Gasteiger partial charge in [0.25, 0.3) is 0 Å². The molecular weight excluding hydrogens is 364 g/mol. The number of ether oxygens (including phenoxy) is 1. The number of hydrogen-bond acceptors (Lipinski definition) is 6. The van der Waals surface area contributed by atoms with Gasteiger partial charge in [-0.2, -0.15) is 0 Å². The molecule has 3 heterocycles. The topological polar surface area (TPSA) is 73.4 Å². The van der Waals surface area contributed by atoms with Crippen molar-refractivity contribution >= 4 is 23.4 Å². The Labute approximate surface area is 161 Å². The number of rotatable bonds is 7. The largest absolute Gasteiger partial charge is 0.461 e. The molecule has 2 aromatic heterocycles. The Balaban J connectivity index is 1.49. The third-order valence-corrected chi connectivity index (χ3v) is 5.44. The summed E-state index contributed by atoms with van der Waals surface area (Å²) >= 11 is 1.39. The molecule has 0 fully saturated rings. The number of fused-ring (bicyclic) bond motifs is 1. The lowest BCUT2D eigenvalue weighted by Crippen LogP contribution is -2.30. The van der Waals surface area contributed by atoms with E-state index in [2.05, 4.69) is 16.3 Å². The van der Waals surface area contributed by atoms with Crippen LogP contribution in [0.4, 0.5) is 5.69 Å². The zero-order valence-electron chi connectivity index (χ0n) is 15.0. The van der Waals surface area contributed by atoms with Crippen molar-refractivity contribution in [3.63, 3.8) is 0 Å². The molecule has 8 heteroatoms. The minimum absolute atomic E-state index is 0.0748. The van der Waals surface area contributed by atoms with Gasteiger partial charge >= 0.3 is 0 Å². The molecule has 7 nitrogen and oxygen atoms in total. The van der Waals surface area contributed by atoms with E-state index in [9.17, 15) is 4.79 Å². The SMILES string of the molecule is COCCn1c(SCC(=O)N2CCc3ccccc32)nnc1-c1ccco1. The van der Waals surface area contributed by atoms with Crippen LogP contribution in [0.1, 0.15) is 5.56 Å². The molecule has 0 N–H and O–H groups in total. The smallest absolute Gasteiger partial charge is 0.237 e. The first kappa shape index (κ1) is 17.8. The van der Waals surface area contributed by atoms with Gasteiger partial charge in [-0.3, -0.25) is 9.36 Å². The molecule has 140 valence electrons. The summed E-state index contributed by atoms with van der Waals surface area (Å²) in [6.45, 7) is 1.84. The van der Waals surface area contributed by atoms with Crippen LogP contribution in [0.25, 0.3) is 11.6 Å². The zero-order chi connectivity index (χ0) is 18.6. The number of carbonyl (C=O) groups is 1. The maximum Gasteiger partial charge on any atom is 0.237 e. The molecule has 1 aliphatic rings. The van der Waals surface area contributed by atoms with Crippen molar-refractivity contribution in [1.82, 2.24) is 14.8 Å². The van der Waals surface area contributed by atoms with Crippen molar-refractivity contribution in [1.29, 1.82) is 0 Å². The van der Waals surface area contributed by atoms with Gasteiger partial charge < -0.3 is 14.1 Å². The molecule has 0 atom stereocenters. The Bertz CT molecular complexity index is 923. The molecule has 1 aromatic carbocycles. The summed E-state index contributed by atoms with van der Waals surface area (Å²) in [5.41, 5.74) is 2.24. The van der Waals surface area contributed by atoms with Gasteiger partial charge in [0.15, 0.2) is 10.9 Å². The van der Waals surface area contributed by atoms with Gasteiger partial charge in [0, 0.05) is 19.3 Å². The van der Waals surface area contributed by atoms with Crippen LogP contribution in [0, 0.1) is 0 Å². The number of methoxy groups -OCH3 is 1. The maximum atomic E-state index is 12.7. The van der Waals surface area contributed by atoms with E-state index in [1.54, 1.807) is 13.4 Å². The van der Waals surface area contributed by atoms with Crippen LogP contribution in [-0.2, 0) is 22.5 Å². The summed E-state index contributed by atoms with van der Waals surface area (Å²) in [6.07, 6.45) is 2.51. The predicted octanol–water partition coefficient (Wildman–Crippen LogP) is 2.87. The van der Waals surface area contributed by atoms with E-state index in [0.717, 1.165) is 18.7 Å². The summed E-state index contributed by atoms with van der Waals surface area (Å²) in [7, 11) is 1.65. The van der Waals surface area contributed by atoms with Gasteiger partial charge in [0.05, 0.1) is 25.2 Å². The molecule has 0 aliphatic carbocycles. The Hall–Kier alpha value is -2.58. The molecule has 3 aromatic rings. The van der Waals surface area contributed by atoms with Crippen molar-refractivity contribution in [3.8, 4) is 11.6 Å². The number of amides is 1. The summed E-state index contributed by atoms with van der Waals surface area (Å²) in [6, 6.07) is 11.7. The Morgan fingerprint density at radius 1 is 1.26 bits per heavy atom. The first-order valence-corrected chi connectivity index (χ1v) is 9.73. The average molecular weight is 384 g/mol. The first-order valence-electron chi connectivity index (χ1n) is 8.75. The van der Waals surface area contributed by atoms with Gasteiger partial charge in [-0.25, -0.2) is 0 Å². The highest BCUT2D eigenvalue weighted by molar-refractivity contribution is 7.99. The molecular formula is C19H20N4O3S. The Morgan fingerprint density at radius 3 is 2.96 bits per heavy atom. The van der Waals surface area contributed by atoms with Crippen molar-refractivity contribution in [2.24, 2.45) is 0 Å². The standard InChI is InChI=1S/C19H20N4O3S/c1-25-12-10-23-18(16-7-4-11-26-16)20-21-19(23)27-13-17(24)22-9-8-14-5-2-3-6-15(14)22/h2-7,11H,8-10,12-13H2,1H3. The zero-order valence-corrected chi connectivity index (χ0v) is 15.8. The van der Waals surface area contributed by atoms with Crippen molar-refractivity contribution in [2.75, 3.05) is 30.9 Å². The summed E-state index contributed by atoms with van der Waals surface area (Å²) in [5.74, 6) is 1.66. The second-order valence-electron chi connectivity index (χ2n) is 6.14. The number of anilines is 1. The van der Waals surface area contributed by atoms with Crippen LogP contribution >= 0.6 is 11.8 Å². The van der Waals surface area contributed by atoms with Gasteiger partial charge in [-0.05, 0) is 30.2 Å². The fourth-order valence-corrected chi connectivity index (χ4v) is 4.01. The molecule has 0 radical (unpaired) electrons. The summed E-state index contributed by atoms with van der Waals surface area (Å²) in [5, 5.41) is 9.18. The summed E-state index contributed by atoms with van der Waals surface area (Å²) in [4.78, 5) is 14.6. The average Bonchev–Trinajstić information content (AvgIpc) is 3.43. The number of nitrogens with zero attached hydrogens (tertiary/aromatic N) is 4. The van der Waals surface area contributed by atoms with Crippen molar-refractivity contribution < 1.29 is 13.9 Å². The fraction of sp³-hybridized carbons (Fsp3) is 0.316. The number of para-hydroxylation sites is 1. The van der Waals surface area contributed by atoms with Crippen molar-refractivity contribution in [3.05, 3.63) is 48.2 Å². The molecule has 0 bridgehead atoms. The molecule has 0 spiro atoms. The third-order valence-electron chi connectivity index (χ3n) is 4.49.